The van der Waals surface area contributed by atoms with Crippen LogP contribution in [0.4, 0.5) is 0 Å². The van der Waals surface area contributed by atoms with Crippen LogP contribution in [0, 0.1) is 10.8 Å². The molecule has 6 heteroatoms. The van der Waals surface area contributed by atoms with Gasteiger partial charge in [0, 0.05) is 18.5 Å². The molecule has 0 N–H and O–H groups in total. The molecule has 0 amide bonds. The maximum absolute atomic E-state index is 12.7. The average molecular weight is 476 g/mol. The summed E-state index contributed by atoms with van der Waals surface area (Å²) < 4.78 is 32.0. The minimum absolute atomic E-state index is 0.135. The van der Waals surface area contributed by atoms with Gasteiger partial charge in [-0.05, 0) is 68.9 Å². The predicted molar refractivity (Wildman–Crippen MR) is 137 cm³/mol. The van der Waals surface area contributed by atoms with Crippen LogP contribution in [0.2, 0.25) is 0 Å². The molecule has 1 heterocycles. The highest BCUT2D eigenvalue weighted by Crippen LogP contribution is 2.39. The van der Waals surface area contributed by atoms with Crippen LogP contribution in [0.25, 0.3) is 0 Å². The average Bonchev–Trinajstić information content (AvgIpc) is 2.82. The molecule has 0 bridgehead atoms. The van der Waals surface area contributed by atoms with Crippen molar-refractivity contribution < 1.29 is 17.9 Å². The second-order valence-electron chi connectivity index (χ2n) is 9.03. The minimum atomic E-state index is -3.38. The van der Waals surface area contributed by atoms with Gasteiger partial charge in [-0.1, -0.05) is 58.1 Å². The van der Waals surface area contributed by atoms with Gasteiger partial charge in [-0.25, -0.2) is 8.42 Å². The molecule has 0 radical (unpaired) electrons. The summed E-state index contributed by atoms with van der Waals surface area (Å²) in [5.41, 5.74) is 0.784. The SMILES string of the molecule is C=C/C=C(\C=C)C(C)(C)C(C)=O.CCC1(CC)CCN(S(=O)(=O)c2ccc(OC)cc2)CC1. The molecule has 1 aliphatic rings. The van der Waals surface area contributed by atoms with Gasteiger partial charge in [-0.15, -0.1) is 0 Å². The molecule has 5 nitrogen and oxygen atoms in total. The first-order chi connectivity index (χ1) is 15.4. The predicted octanol–water partition coefficient (Wildman–Crippen LogP) is 6.19. The quantitative estimate of drug-likeness (QED) is 0.400. The van der Waals surface area contributed by atoms with Crippen molar-refractivity contribution in [2.45, 2.75) is 65.2 Å². The van der Waals surface area contributed by atoms with Gasteiger partial charge in [-0.2, -0.15) is 4.31 Å². The molecule has 1 aromatic rings. The van der Waals surface area contributed by atoms with Crippen molar-refractivity contribution in [1.29, 1.82) is 0 Å². The number of allylic oxidation sites excluding steroid dienone is 4. The van der Waals surface area contributed by atoms with Crippen molar-refractivity contribution >= 4 is 15.8 Å². The first kappa shape index (κ1) is 28.9. The van der Waals surface area contributed by atoms with Crippen molar-refractivity contribution in [1.82, 2.24) is 4.31 Å². The summed E-state index contributed by atoms with van der Waals surface area (Å²) in [6, 6.07) is 6.63. The fourth-order valence-electron chi connectivity index (χ4n) is 3.92. The number of carbonyl (C=O) groups excluding carboxylic acids is 1. The molecule has 2 rings (SSSR count). The zero-order valence-corrected chi connectivity index (χ0v) is 22.0. The van der Waals surface area contributed by atoms with Crippen LogP contribution in [-0.2, 0) is 14.8 Å². The smallest absolute Gasteiger partial charge is 0.243 e. The monoisotopic (exact) mass is 475 g/mol. The molecule has 0 spiro atoms. The molecule has 1 saturated heterocycles. The van der Waals surface area contributed by atoms with Crippen molar-refractivity contribution in [3.05, 3.63) is 61.2 Å². The third-order valence-corrected chi connectivity index (χ3v) is 9.01. The van der Waals surface area contributed by atoms with Gasteiger partial charge >= 0.3 is 0 Å². The number of hydrogen-bond donors (Lipinski definition) is 0. The summed E-state index contributed by atoms with van der Waals surface area (Å²) in [5.74, 6) is 0.805. The molecule has 0 saturated carbocycles. The Morgan fingerprint density at radius 3 is 2.00 bits per heavy atom. The molecular weight excluding hydrogens is 434 g/mol. The zero-order valence-electron chi connectivity index (χ0n) is 21.2. The summed E-state index contributed by atoms with van der Waals surface area (Å²) in [5, 5.41) is 0. The number of methoxy groups -OCH3 is 1. The largest absolute Gasteiger partial charge is 0.497 e. The van der Waals surface area contributed by atoms with E-state index >= 15 is 0 Å². The van der Waals surface area contributed by atoms with Gasteiger partial charge < -0.3 is 4.74 Å². The number of rotatable bonds is 9. The summed E-state index contributed by atoms with van der Waals surface area (Å²) in [7, 11) is -1.80. The Labute approximate surface area is 201 Å². The number of ketones is 1. The number of Topliss-reactive ketones (excluding diaryl/α,β-unsaturated/α-hetero) is 1. The van der Waals surface area contributed by atoms with E-state index < -0.39 is 15.4 Å². The van der Waals surface area contributed by atoms with Gasteiger partial charge in [0.05, 0.1) is 12.0 Å². The Morgan fingerprint density at radius 1 is 1.12 bits per heavy atom. The first-order valence-corrected chi connectivity index (χ1v) is 13.0. The molecule has 0 unspecified atom stereocenters. The van der Waals surface area contributed by atoms with Crippen molar-refractivity contribution in [2.24, 2.45) is 10.8 Å². The number of hydrogen-bond acceptors (Lipinski definition) is 4. The van der Waals surface area contributed by atoms with E-state index in [0.717, 1.165) is 31.3 Å². The van der Waals surface area contributed by atoms with Gasteiger partial charge in [0.15, 0.2) is 0 Å². The molecule has 1 fully saturated rings. The van der Waals surface area contributed by atoms with E-state index in [-0.39, 0.29) is 5.78 Å². The van der Waals surface area contributed by atoms with Gasteiger partial charge in [0.25, 0.3) is 0 Å². The van der Waals surface area contributed by atoms with Gasteiger partial charge in [-0.3, -0.25) is 4.79 Å². The number of carbonyl (C=O) groups is 1. The van der Waals surface area contributed by atoms with E-state index in [0.29, 0.717) is 29.1 Å². The summed E-state index contributed by atoms with van der Waals surface area (Å²) in [6.45, 7) is 18.2. The third kappa shape index (κ3) is 7.15. The lowest BCUT2D eigenvalue weighted by molar-refractivity contribution is -0.123. The number of sulfonamides is 1. The van der Waals surface area contributed by atoms with E-state index in [1.807, 2.05) is 19.9 Å². The normalized spacial score (nSPS) is 16.8. The Hall–Kier alpha value is -2.18. The highest BCUT2D eigenvalue weighted by molar-refractivity contribution is 7.89. The number of piperidine rings is 1. The van der Waals surface area contributed by atoms with E-state index in [2.05, 4.69) is 27.0 Å². The lowest BCUT2D eigenvalue weighted by atomic mass is 9.75. The van der Waals surface area contributed by atoms with Crippen LogP contribution in [0.5, 0.6) is 5.75 Å². The number of ether oxygens (including phenoxy) is 1. The second kappa shape index (κ2) is 12.3. The second-order valence-corrected chi connectivity index (χ2v) is 11.0. The van der Waals surface area contributed by atoms with Crippen LogP contribution in [0.1, 0.15) is 60.3 Å². The molecule has 0 aliphatic carbocycles. The van der Waals surface area contributed by atoms with E-state index in [4.69, 9.17) is 4.74 Å². The van der Waals surface area contributed by atoms with Gasteiger partial charge in [0.2, 0.25) is 10.0 Å². The molecule has 1 aliphatic heterocycles. The Kier molecular flexibility index (Phi) is 10.8. The minimum Gasteiger partial charge on any atom is -0.497 e. The lowest BCUT2D eigenvalue weighted by Gasteiger charge is -2.40. The van der Waals surface area contributed by atoms with E-state index in [9.17, 15) is 13.2 Å². The molecule has 0 atom stereocenters. The highest BCUT2D eigenvalue weighted by atomic mass is 32.2. The standard InChI is InChI=1S/C16H25NO3S.C11H16O/c1-4-16(5-2)10-12-17(13-11-16)21(18,19)15-8-6-14(20-3)7-9-15;1-6-8-10(7-2)11(4,5)9(3)12/h6-9H,4-5,10-13H2,1-3H3;6-8H,1-2H2,3-5H3/b;10-8+. The molecule has 33 heavy (non-hydrogen) atoms. The van der Waals surface area contributed by atoms with Crippen LogP contribution >= 0.6 is 0 Å². The molecule has 0 aromatic heterocycles. The Balaban J connectivity index is 0.000000389. The van der Waals surface area contributed by atoms with Crippen LogP contribution in [-0.4, -0.2) is 38.7 Å². The Bertz CT molecular complexity index is 929. The Morgan fingerprint density at radius 2 is 1.64 bits per heavy atom. The lowest BCUT2D eigenvalue weighted by Crippen LogP contribution is -2.42. The highest BCUT2D eigenvalue weighted by Gasteiger charge is 2.36. The molecule has 184 valence electrons. The van der Waals surface area contributed by atoms with Crippen LogP contribution in [0.15, 0.2) is 66.1 Å². The number of nitrogens with zero attached hydrogens (tertiary/aromatic N) is 1. The summed E-state index contributed by atoms with van der Waals surface area (Å²) in [6.07, 6.45) is 9.34. The van der Waals surface area contributed by atoms with E-state index in [1.54, 1.807) is 54.8 Å². The maximum Gasteiger partial charge on any atom is 0.243 e. The first-order valence-electron chi connectivity index (χ1n) is 11.5. The van der Waals surface area contributed by atoms with Crippen molar-refractivity contribution in [2.75, 3.05) is 20.2 Å². The third-order valence-electron chi connectivity index (χ3n) is 7.10. The molecule has 1 aromatic carbocycles. The van der Waals surface area contributed by atoms with Gasteiger partial charge in [0.1, 0.15) is 11.5 Å². The maximum atomic E-state index is 12.7. The fraction of sp³-hybridized carbons (Fsp3) is 0.519. The van der Waals surface area contributed by atoms with Crippen LogP contribution < -0.4 is 4.74 Å². The fourth-order valence-corrected chi connectivity index (χ4v) is 5.36. The molecular formula is C27H41NO4S. The topological polar surface area (TPSA) is 63.7 Å². The summed E-state index contributed by atoms with van der Waals surface area (Å²) in [4.78, 5) is 11.6. The van der Waals surface area contributed by atoms with Crippen LogP contribution in [0.3, 0.4) is 0 Å². The van der Waals surface area contributed by atoms with Crippen molar-refractivity contribution in [3.8, 4) is 5.75 Å². The number of benzene rings is 1. The van der Waals surface area contributed by atoms with Crippen molar-refractivity contribution in [3.63, 3.8) is 0 Å². The summed E-state index contributed by atoms with van der Waals surface area (Å²) >= 11 is 0. The zero-order chi connectivity index (χ0) is 25.3. The van der Waals surface area contributed by atoms with E-state index in [1.165, 1.54) is 0 Å².